The van der Waals surface area contributed by atoms with Gasteiger partial charge in [-0.1, -0.05) is 71.4 Å². The normalized spacial score (nSPS) is 13.2. The van der Waals surface area contributed by atoms with Crippen molar-refractivity contribution in [2.75, 3.05) is 5.75 Å². The molecule has 0 aromatic rings. The number of rotatable bonds is 9. The summed E-state index contributed by atoms with van der Waals surface area (Å²) >= 11 is 5.01. The van der Waals surface area contributed by atoms with Gasteiger partial charge in [-0.05, 0) is 12.3 Å². The third-order valence-electron chi connectivity index (χ3n) is 2.82. The SMILES string of the molecule is CCCCCCCC(CC)CC[S]. The first-order valence-corrected chi connectivity index (χ1v) is 6.50. The van der Waals surface area contributed by atoms with Gasteiger partial charge in [-0.15, -0.1) is 0 Å². The molecule has 0 saturated carbocycles. The molecule has 1 atom stereocenters. The van der Waals surface area contributed by atoms with Crippen LogP contribution >= 0.6 is 12.6 Å². The van der Waals surface area contributed by atoms with E-state index in [1.165, 1.54) is 51.4 Å². The lowest BCUT2D eigenvalue weighted by atomic mass is 9.96. The Labute approximate surface area is 89.9 Å². The summed E-state index contributed by atoms with van der Waals surface area (Å²) in [6.07, 6.45) is 11.1. The Hall–Kier alpha value is 0.350. The Bertz CT molecular complexity index is 91.1. The molecule has 0 aliphatic carbocycles. The summed E-state index contributed by atoms with van der Waals surface area (Å²) in [5.74, 6) is 1.87. The molecule has 1 radical (unpaired) electrons. The van der Waals surface area contributed by atoms with Crippen LogP contribution in [0.3, 0.4) is 0 Å². The lowest BCUT2D eigenvalue weighted by molar-refractivity contribution is 0.431. The smallest absolute Gasteiger partial charge is 0.00395 e. The zero-order valence-electron chi connectivity index (χ0n) is 9.35. The molecule has 0 nitrogen and oxygen atoms in total. The van der Waals surface area contributed by atoms with E-state index in [-0.39, 0.29) is 0 Å². The highest BCUT2D eigenvalue weighted by Crippen LogP contribution is 2.18. The van der Waals surface area contributed by atoms with Crippen molar-refractivity contribution in [3.63, 3.8) is 0 Å². The first kappa shape index (κ1) is 13.4. The van der Waals surface area contributed by atoms with Crippen LogP contribution in [0.25, 0.3) is 0 Å². The molecule has 0 amide bonds. The van der Waals surface area contributed by atoms with Crippen molar-refractivity contribution < 1.29 is 0 Å². The lowest BCUT2D eigenvalue weighted by Gasteiger charge is -2.12. The maximum atomic E-state index is 5.01. The van der Waals surface area contributed by atoms with Crippen LogP contribution in [0.2, 0.25) is 0 Å². The fourth-order valence-electron chi connectivity index (χ4n) is 1.76. The van der Waals surface area contributed by atoms with Gasteiger partial charge in [-0.25, -0.2) is 0 Å². The molecule has 0 aliphatic heterocycles. The summed E-state index contributed by atoms with van der Waals surface area (Å²) in [5.41, 5.74) is 0. The Morgan fingerprint density at radius 1 is 0.923 bits per heavy atom. The summed E-state index contributed by atoms with van der Waals surface area (Å²) in [5, 5.41) is 0. The second-order valence-electron chi connectivity index (χ2n) is 3.97. The molecular formula is C12H25S. The Balaban J connectivity index is 3.17. The minimum Gasteiger partial charge on any atom is -0.0941 e. The van der Waals surface area contributed by atoms with E-state index in [2.05, 4.69) is 13.8 Å². The average Bonchev–Trinajstić information content (AvgIpc) is 2.16. The lowest BCUT2D eigenvalue weighted by Crippen LogP contribution is -1.99. The predicted molar refractivity (Wildman–Crippen MR) is 64.2 cm³/mol. The van der Waals surface area contributed by atoms with E-state index in [4.69, 9.17) is 12.6 Å². The second-order valence-corrected chi connectivity index (χ2v) is 4.38. The van der Waals surface area contributed by atoms with Gasteiger partial charge in [-0.2, -0.15) is 0 Å². The molecule has 0 saturated heterocycles. The molecule has 0 aliphatic rings. The van der Waals surface area contributed by atoms with Crippen LogP contribution < -0.4 is 0 Å². The molecule has 0 spiro atoms. The van der Waals surface area contributed by atoms with Crippen molar-refractivity contribution in [2.45, 2.75) is 65.2 Å². The monoisotopic (exact) mass is 201 g/mol. The Morgan fingerprint density at radius 2 is 1.62 bits per heavy atom. The predicted octanol–water partition coefficient (Wildman–Crippen LogP) is 4.96. The number of unbranched alkanes of at least 4 members (excludes halogenated alkanes) is 4. The summed E-state index contributed by atoms with van der Waals surface area (Å²) in [4.78, 5) is 0. The van der Waals surface area contributed by atoms with Crippen LogP contribution in [0.5, 0.6) is 0 Å². The van der Waals surface area contributed by atoms with E-state index in [1.807, 2.05) is 0 Å². The Morgan fingerprint density at radius 3 is 2.15 bits per heavy atom. The van der Waals surface area contributed by atoms with Gasteiger partial charge in [0.15, 0.2) is 0 Å². The zero-order chi connectivity index (χ0) is 9.94. The summed E-state index contributed by atoms with van der Waals surface area (Å²) in [6, 6.07) is 0. The standard InChI is InChI=1S/C12H25S/c1-3-5-6-7-8-9-12(4-2)10-11-13/h12H,3-11H2,1-2H3. The molecule has 0 bridgehead atoms. The van der Waals surface area contributed by atoms with E-state index in [0.29, 0.717) is 0 Å². The summed E-state index contributed by atoms with van der Waals surface area (Å²) < 4.78 is 0. The quantitative estimate of drug-likeness (QED) is 0.462. The highest BCUT2D eigenvalue weighted by atomic mass is 32.1. The van der Waals surface area contributed by atoms with Gasteiger partial charge >= 0.3 is 0 Å². The second kappa shape index (κ2) is 10.4. The van der Waals surface area contributed by atoms with Gasteiger partial charge in [0, 0.05) is 5.75 Å². The summed E-state index contributed by atoms with van der Waals surface area (Å²) in [6.45, 7) is 4.56. The molecular weight excluding hydrogens is 176 g/mol. The van der Waals surface area contributed by atoms with Crippen LogP contribution in [-0.4, -0.2) is 5.75 Å². The average molecular weight is 201 g/mol. The van der Waals surface area contributed by atoms with Gasteiger partial charge in [0.2, 0.25) is 0 Å². The largest absolute Gasteiger partial charge is 0.0941 e. The van der Waals surface area contributed by atoms with E-state index < -0.39 is 0 Å². The fraction of sp³-hybridized carbons (Fsp3) is 1.00. The van der Waals surface area contributed by atoms with Crippen LogP contribution in [0, 0.1) is 5.92 Å². The first-order chi connectivity index (χ1) is 6.35. The van der Waals surface area contributed by atoms with Crippen molar-refractivity contribution >= 4 is 12.6 Å². The molecule has 0 rings (SSSR count). The Kier molecular flexibility index (Phi) is 10.7. The minimum absolute atomic E-state index is 0.916. The van der Waals surface area contributed by atoms with Crippen molar-refractivity contribution in [1.82, 2.24) is 0 Å². The van der Waals surface area contributed by atoms with E-state index in [1.54, 1.807) is 0 Å². The molecule has 0 aromatic carbocycles. The molecule has 0 heterocycles. The van der Waals surface area contributed by atoms with Crippen molar-refractivity contribution in [3.8, 4) is 0 Å². The molecule has 0 aromatic heterocycles. The van der Waals surface area contributed by atoms with Crippen LogP contribution in [0.4, 0.5) is 0 Å². The third-order valence-corrected chi connectivity index (χ3v) is 3.06. The van der Waals surface area contributed by atoms with Gasteiger partial charge in [-0.3, -0.25) is 0 Å². The van der Waals surface area contributed by atoms with Crippen molar-refractivity contribution in [3.05, 3.63) is 0 Å². The maximum Gasteiger partial charge on any atom is 0.00395 e. The van der Waals surface area contributed by atoms with E-state index in [9.17, 15) is 0 Å². The highest BCUT2D eigenvalue weighted by molar-refractivity contribution is 7.80. The van der Waals surface area contributed by atoms with E-state index in [0.717, 1.165) is 11.7 Å². The topological polar surface area (TPSA) is 0 Å². The first-order valence-electron chi connectivity index (χ1n) is 5.93. The summed E-state index contributed by atoms with van der Waals surface area (Å²) in [7, 11) is 0. The molecule has 1 heteroatoms. The fourth-order valence-corrected chi connectivity index (χ4v) is 2.09. The van der Waals surface area contributed by atoms with Crippen LogP contribution in [0.15, 0.2) is 0 Å². The van der Waals surface area contributed by atoms with Gasteiger partial charge in [0.1, 0.15) is 0 Å². The molecule has 1 unspecified atom stereocenters. The van der Waals surface area contributed by atoms with Gasteiger partial charge in [0.25, 0.3) is 0 Å². The van der Waals surface area contributed by atoms with Gasteiger partial charge in [0.05, 0.1) is 0 Å². The minimum atomic E-state index is 0.916. The van der Waals surface area contributed by atoms with Crippen LogP contribution in [0.1, 0.15) is 65.2 Å². The third kappa shape index (κ3) is 8.67. The molecule has 13 heavy (non-hydrogen) atoms. The maximum absolute atomic E-state index is 5.01. The van der Waals surface area contributed by atoms with Crippen LogP contribution in [-0.2, 0) is 0 Å². The van der Waals surface area contributed by atoms with Crippen molar-refractivity contribution in [2.24, 2.45) is 5.92 Å². The van der Waals surface area contributed by atoms with Gasteiger partial charge < -0.3 is 0 Å². The molecule has 79 valence electrons. The number of hydrogen-bond acceptors (Lipinski definition) is 0. The molecule has 0 fully saturated rings. The number of hydrogen-bond donors (Lipinski definition) is 0. The van der Waals surface area contributed by atoms with Crippen molar-refractivity contribution in [1.29, 1.82) is 0 Å². The zero-order valence-corrected chi connectivity index (χ0v) is 10.2. The van der Waals surface area contributed by atoms with E-state index >= 15 is 0 Å². The highest BCUT2D eigenvalue weighted by Gasteiger charge is 2.04. The molecule has 0 N–H and O–H groups in total.